The van der Waals surface area contributed by atoms with Crippen molar-refractivity contribution in [2.45, 2.75) is 6.92 Å². The Kier molecular flexibility index (Phi) is 3.88. The molecule has 0 aliphatic carbocycles. The Morgan fingerprint density at radius 2 is 1.62 bits per heavy atom. The Labute approximate surface area is 124 Å². The van der Waals surface area contributed by atoms with E-state index in [9.17, 15) is 0 Å². The topological polar surface area (TPSA) is 26.3 Å². The van der Waals surface area contributed by atoms with Crippen LogP contribution in [0.1, 0.15) is 28.2 Å². The standard InChI is InChI=1S/C19H16O2/c1-15-4-6-16(7-5-15)8-9-17-12-14-21-19(17)11-10-18-3-2-13-20-18/h2-14H,1H3/b9-8+,11-10+. The first-order valence-corrected chi connectivity index (χ1v) is 6.85. The molecule has 0 fully saturated rings. The molecule has 0 N–H and O–H groups in total. The van der Waals surface area contributed by atoms with Gasteiger partial charge in [-0.15, -0.1) is 0 Å². The second-order valence-electron chi connectivity index (χ2n) is 4.83. The number of furan rings is 2. The zero-order valence-electron chi connectivity index (χ0n) is 11.8. The normalized spacial score (nSPS) is 11.7. The van der Waals surface area contributed by atoms with Crippen LogP contribution >= 0.6 is 0 Å². The van der Waals surface area contributed by atoms with Crippen LogP contribution in [0.5, 0.6) is 0 Å². The van der Waals surface area contributed by atoms with Crippen molar-refractivity contribution in [1.82, 2.24) is 0 Å². The predicted molar refractivity (Wildman–Crippen MR) is 86.5 cm³/mol. The molecule has 21 heavy (non-hydrogen) atoms. The third kappa shape index (κ3) is 3.42. The lowest BCUT2D eigenvalue weighted by Gasteiger charge is -1.95. The SMILES string of the molecule is Cc1ccc(/C=C/c2ccoc2/C=C/c2ccco2)cc1. The summed E-state index contributed by atoms with van der Waals surface area (Å²) in [6.07, 6.45) is 11.3. The van der Waals surface area contributed by atoms with Crippen LogP contribution in [0.3, 0.4) is 0 Å². The Hall–Kier alpha value is -2.74. The molecule has 0 saturated carbocycles. The van der Waals surface area contributed by atoms with Gasteiger partial charge in [0, 0.05) is 5.56 Å². The van der Waals surface area contributed by atoms with Crippen LogP contribution in [-0.2, 0) is 0 Å². The van der Waals surface area contributed by atoms with E-state index in [0.717, 1.165) is 17.1 Å². The van der Waals surface area contributed by atoms with Gasteiger partial charge in [-0.1, -0.05) is 42.0 Å². The molecule has 1 aromatic carbocycles. The van der Waals surface area contributed by atoms with E-state index in [0.29, 0.717) is 0 Å². The third-order valence-corrected chi connectivity index (χ3v) is 3.20. The van der Waals surface area contributed by atoms with Crippen molar-refractivity contribution in [3.63, 3.8) is 0 Å². The van der Waals surface area contributed by atoms with Gasteiger partial charge in [-0.05, 0) is 42.8 Å². The van der Waals surface area contributed by atoms with E-state index in [2.05, 4.69) is 43.3 Å². The maximum atomic E-state index is 5.49. The van der Waals surface area contributed by atoms with E-state index in [1.165, 1.54) is 11.1 Å². The van der Waals surface area contributed by atoms with Gasteiger partial charge in [0.05, 0.1) is 12.5 Å². The Bertz CT molecular complexity index is 741. The fraction of sp³-hybridized carbons (Fsp3) is 0.0526. The average molecular weight is 276 g/mol. The first-order valence-electron chi connectivity index (χ1n) is 6.85. The summed E-state index contributed by atoms with van der Waals surface area (Å²) in [4.78, 5) is 0. The Morgan fingerprint density at radius 3 is 2.38 bits per heavy atom. The summed E-state index contributed by atoms with van der Waals surface area (Å²) < 4.78 is 10.8. The minimum Gasteiger partial charge on any atom is -0.465 e. The summed E-state index contributed by atoms with van der Waals surface area (Å²) in [6.45, 7) is 2.08. The van der Waals surface area contributed by atoms with Gasteiger partial charge in [-0.3, -0.25) is 0 Å². The van der Waals surface area contributed by atoms with Crippen LogP contribution in [-0.4, -0.2) is 0 Å². The molecule has 2 aromatic heterocycles. The molecular weight excluding hydrogens is 260 g/mol. The van der Waals surface area contributed by atoms with Gasteiger partial charge in [-0.25, -0.2) is 0 Å². The van der Waals surface area contributed by atoms with Crippen LogP contribution in [0.2, 0.25) is 0 Å². The third-order valence-electron chi connectivity index (χ3n) is 3.20. The lowest BCUT2D eigenvalue weighted by atomic mass is 10.1. The molecule has 2 heteroatoms. The second kappa shape index (κ2) is 6.14. The van der Waals surface area contributed by atoms with Crippen molar-refractivity contribution in [2.24, 2.45) is 0 Å². The van der Waals surface area contributed by atoms with Crippen LogP contribution < -0.4 is 0 Å². The number of aryl methyl sites for hydroxylation is 1. The van der Waals surface area contributed by atoms with E-state index in [1.54, 1.807) is 12.5 Å². The molecule has 0 radical (unpaired) electrons. The average Bonchev–Trinajstić information content (AvgIpc) is 3.16. The molecule has 3 rings (SSSR count). The zero-order valence-corrected chi connectivity index (χ0v) is 11.8. The maximum absolute atomic E-state index is 5.49. The molecule has 0 atom stereocenters. The molecular formula is C19H16O2. The zero-order chi connectivity index (χ0) is 14.5. The monoisotopic (exact) mass is 276 g/mol. The van der Waals surface area contributed by atoms with Gasteiger partial charge in [0.1, 0.15) is 11.5 Å². The van der Waals surface area contributed by atoms with Gasteiger partial charge < -0.3 is 8.83 Å². The summed E-state index contributed by atoms with van der Waals surface area (Å²) in [5, 5.41) is 0. The smallest absolute Gasteiger partial charge is 0.133 e. The summed E-state index contributed by atoms with van der Waals surface area (Å²) in [7, 11) is 0. The molecule has 2 heterocycles. The van der Waals surface area contributed by atoms with Gasteiger partial charge >= 0.3 is 0 Å². The van der Waals surface area contributed by atoms with Crippen molar-refractivity contribution in [3.05, 3.63) is 83.2 Å². The van der Waals surface area contributed by atoms with Crippen molar-refractivity contribution < 1.29 is 8.83 Å². The molecule has 0 bridgehead atoms. The number of rotatable bonds is 4. The largest absolute Gasteiger partial charge is 0.465 e. The van der Waals surface area contributed by atoms with Gasteiger partial charge in [-0.2, -0.15) is 0 Å². The number of hydrogen-bond acceptors (Lipinski definition) is 2. The first-order chi connectivity index (χ1) is 10.3. The summed E-state index contributed by atoms with van der Waals surface area (Å²) in [6, 6.07) is 14.1. The van der Waals surface area contributed by atoms with Crippen LogP contribution in [0.4, 0.5) is 0 Å². The van der Waals surface area contributed by atoms with E-state index in [1.807, 2.05) is 30.4 Å². The van der Waals surface area contributed by atoms with Crippen LogP contribution in [0, 0.1) is 6.92 Å². The maximum Gasteiger partial charge on any atom is 0.133 e. The highest BCUT2D eigenvalue weighted by Gasteiger charge is 2.00. The highest BCUT2D eigenvalue weighted by Crippen LogP contribution is 2.18. The molecule has 0 aliphatic heterocycles. The van der Waals surface area contributed by atoms with Crippen molar-refractivity contribution >= 4 is 24.3 Å². The van der Waals surface area contributed by atoms with Crippen LogP contribution in [0.25, 0.3) is 24.3 Å². The van der Waals surface area contributed by atoms with E-state index in [-0.39, 0.29) is 0 Å². The quantitative estimate of drug-likeness (QED) is 0.627. The van der Waals surface area contributed by atoms with Crippen molar-refractivity contribution in [3.8, 4) is 0 Å². The predicted octanol–water partition coefficient (Wildman–Crippen LogP) is 5.52. The highest BCUT2D eigenvalue weighted by molar-refractivity contribution is 5.76. The Balaban J connectivity index is 1.77. The lowest BCUT2D eigenvalue weighted by molar-refractivity contribution is 0.552. The van der Waals surface area contributed by atoms with Gasteiger partial charge in [0.2, 0.25) is 0 Å². The van der Waals surface area contributed by atoms with Gasteiger partial charge in [0.15, 0.2) is 0 Å². The molecule has 0 unspecified atom stereocenters. The summed E-state index contributed by atoms with van der Waals surface area (Å²) in [5.41, 5.74) is 3.47. The molecule has 0 aliphatic rings. The highest BCUT2D eigenvalue weighted by atomic mass is 16.3. The van der Waals surface area contributed by atoms with E-state index in [4.69, 9.17) is 8.83 Å². The second-order valence-corrected chi connectivity index (χ2v) is 4.83. The molecule has 0 spiro atoms. The fourth-order valence-corrected chi connectivity index (χ4v) is 2.01. The van der Waals surface area contributed by atoms with Crippen LogP contribution in [0.15, 0.2) is 63.8 Å². The lowest BCUT2D eigenvalue weighted by Crippen LogP contribution is -1.75. The molecule has 0 amide bonds. The minimum atomic E-state index is 0.805. The van der Waals surface area contributed by atoms with E-state index >= 15 is 0 Å². The summed E-state index contributed by atoms with van der Waals surface area (Å²) >= 11 is 0. The molecule has 2 nitrogen and oxygen atoms in total. The molecule has 104 valence electrons. The van der Waals surface area contributed by atoms with E-state index < -0.39 is 0 Å². The molecule has 0 saturated heterocycles. The minimum absolute atomic E-state index is 0.805. The molecule has 3 aromatic rings. The number of hydrogen-bond donors (Lipinski definition) is 0. The first kappa shape index (κ1) is 13.3. The fourth-order valence-electron chi connectivity index (χ4n) is 2.01. The van der Waals surface area contributed by atoms with Crippen molar-refractivity contribution in [1.29, 1.82) is 0 Å². The van der Waals surface area contributed by atoms with Crippen molar-refractivity contribution in [2.75, 3.05) is 0 Å². The van der Waals surface area contributed by atoms with Gasteiger partial charge in [0.25, 0.3) is 0 Å². The Morgan fingerprint density at radius 1 is 0.762 bits per heavy atom. The summed E-state index contributed by atoms with van der Waals surface area (Å²) in [5.74, 6) is 1.62. The number of benzene rings is 1.